The SMILES string of the molecule is CCC(C)CC(CO/C(C)=C(C=NC)\S(N)=N/C(=O)Nc1c2c(cc3c1CCC3)CCC2)OCCNC. The third-order valence-electron chi connectivity index (χ3n) is 7.26. The average molecular weight is 532 g/mol. The number of rotatable bonds is 13. The topological polar surface area (TPSA) is 110 Å². The van der Waals surface area contributed by atoms with Crippen molar-refractivity contribution in [3.8, 4) is 0 Å². The van der Waals surface area contributed by atoms with E-state index in [9.17, 15) is 4.79 Å². The summed E-state index contributed by atoms with van der Waals surface area (Å²) < 4.78 is 16.5. The smallest absolute Gasteiger partial charge is 0.352 e. The molecule has 0 fully saturated rings. The highest BCUT2D eigenvalue weighted by atomic mass is 32.2. The van der Waals surface area contributed by atoms with Gasteiger partial charge in [0.15, 0.2) is 0 Å². The maximum absolute atomic E-state index is 13.0. The Kier molecular flexibility index (Phi) is 11.8. The number of nitrogens with zero attached hydrogens (tertiary/aromatic N) is 2. The molecule has 2 amide bonds. The van der Waals surface area contributed by atoms with Crippen LogP contribution in [0.5, 0.6) is 0 Å². The van der Waals surface area contributed by atoms with Gasteiger partial charge >= 0.3 is 6.03 Å². The molecular weight excluding hydrogens is 486 g/mol. The molecule has 0 saturated carbocycles. The van der Waals surface area contributed by atoms with Crippen LogP contribution >= 0.6 is 0 Å². The molecule has 37 heavy (non-hydrogen) atoms. The second-order valence-electron chi connectivity index (χ2n) is 10.0. The zero-order valence-corrected chi connectivity index (χ0v) is 24.0. The van der Waals surface area contributed by atoms with Gasteiger partial charge in [0, 0.05) is 36.4 Å². The zero-order chi connectivity index (χ0) is 26.8. The highest BCUT2D eigenvalue weighted by molar-refractivity contribution is 7.90. The van der Waals surface area contributed by atoms with Gasteiger partial charge < -0.3 is 20.1 Å². The fourth-order valence-corrected chi connectivity index (χ4v) is 5.95. The number of carbonyl (C=O) groups excluding carboxylic acids is 1. The van der Waals surface area contributed by atoms with Crippen LogP contribution in [0.25, 0.3) is 0 Å². The van der Waals surface area contributed by atoms with Gasteiger partial charge in [-0.2, -0.15) is 4.36 Å². The van der Waals surface area contributed by atoms with Crippen LogP contribution in [-0.2, 0) is 46.0 Å². The largest absolute Gasteiger partial charge is 0.494 e. The van der Waals surface area contributed by atoms with Crippen molar-refractivity contribution in [2.45, 2.75) is 78.2 Å². The summed E-state index contributed by atoms with van der Waals surface area (Å²) in [6.45, 7) is 8.07. The van der Waals surface area contributed by atoms with E-state index in [0.717, 1.165) is 63.6 Å². The molecule has 0 saturated heterocycles. The Balaban J connectivity index is 1.74. The number of aliphatic imine (C=N–C) groups is 1. The van der Waals surface area contributed by atoms with Gasteiger partial charge in [-0.1, -0.05) is 26.3 Å². The van der Waals surface area contributed by atoms with E-state index in [1.165, 1.54) is 22.3 Å². The van der Waals surface area contributed by atoms with Crippen LogP contribution in [0.1, 0.15) is 68.7 Å². The molecule has 0 aliphatic heterocycles. The van der Waals surface area contributed by atoms with E-state index in [1.807, 2.05) is 14.0 Å². The molecule has 3 atom stereocenters. The fraction of sp³-hybridized carbons (Fsp3) is 0.643. The van der Waals surface area contributed by atoms with Crippen LogP contribution in [-0.4, -0.2) is 52.2 Å². The molecule has 9 heteroatoms. The quantitative estimate of drug-likeness (QED) is 0.191. The highest BCUT2D eigenvalue weighted by Gasteiger charge is 2.25. The Morgan fingerprint density at radius 1 is 1.22 bits per heavy atom. The first kappa shape index (κ1) is 29.5. The first-order chi connectivity index (χ1) is 17.9. The molecule has 2 aliphatic rings. The van der Waals surface area contributed by atoms with Crippen molar-refractivity contribution in [1.29, 1.82) is 0 Å². The second kappa shape index (κ2) is 14.8. The molecule has 1 aromatic carbocycles. The summed E-state index contributed by atoms with van der Waals surface area (Å²) in [6.07, 6.45) is 10.0. The van der Waals surface area contributed by atoms with Crippen LogP contribution in [0, 0.1) is 5.92 Å². The molecule has 0 spiro atoms. The molecule has 206 valence electrons. The number of hydrogen-bond donors (Lipinski definition) is 3. The first-order valence-electron chi connectivity index (χ1n) is 13.6. The van der Waals surface area contributed by atoms with Crippen LogP contribution in [0.3, 0.4) is 0 Å². The second-order valence-corrected chi connectivity index (χ2v) is 11.3. The lowest BCUT2D eigenvalue weighted by Crippen LogP contribution is -2.26. The molecule has 0 aromatic heterocycles. The molecular formula is C28H45N5O3S. The summed E-state index contributed by atoms with van der Waals surface area (Å²) in [5.74, 6) is 1.15. The highest BCUT2D eigenvalue weighted by Crippen LogP contribution is 2.38. The molecule has 0 radical (unpaired) electrons. The Hall–Kier alpha value is -2.07. The van der Waals surface area contributed by atoms with Crippen LogP contribution in [0.4, 0.5) is 10.5 Å². The number of benzene rings is 1. The number of hydrogen-bond acceptors (Lipinski definition) is 5. The molecule has 3 rings (SSSR count). The van der Waals surface area contributed by atoms with Crippen molar-refractivity contribution >= 4 is 28.8 Å². The van der Waals surface area contributed by atoms with E-state index < -0.39 is 16.9 Å². The van der Waals surface area contributed by atoms with Crippen molar-refractivity contribution in [2.24, 2.45) is 20.4 Å². The van der Waals surface area contributed by atoms with E-state index in [2.05, 4.69) is 39.9 Å². The Labute approximate surface area is 225 Å². The summed E-state index contributed by atoms with van der Waals surface area (Å²) >= 11 is 0. The van der Waals surface area contributed by atoms with E-state index in [0.29, 0.717) is 29.8 Å². The zero-order valence-electron chi connectivity index (χ0n) is 23.2. The van der Waals surface area contributed by atoms with E-state index in [-0.39, 0.29) is 6.10 Å². The van der Waals surface area contributed by atoms with E-state index in [4.69, 9.17) is 14.6 Å². The van der Waals surface area contributed by atoms with Crippen molar-refractivity contribution in [1.82, 2.24) is 5.32 Å². The van der Waals surface area contributed by atoms with Gasteiger partial charge in [-0.25, -0.2) is 4.79 Å². The maximum Gasteiger partial charge on any atom is 0.352 e. The Bertz CT molecular complexity index is 1000. The Morgan fingerprint density at radius 2 is 1.89 bits per heavy atom. The number of nitrogens with one attached hydrogen (secondary N) is 2. The van der Waals surface area contributed by atoms with Gasteiger partial charge in [-0.15, -0.1) is 0 Å². The number of aryl methyl sites for hydroxylation is 2. The molecule has 0 heterocycles. The summed E-state index contributed by atoms with van der Waals surface area (Å²) in [7, 11) is 2.38. The lowest BCUT2D eigenvalue weighted by molar-refractivity contribution is -0.00813. The number of likely N-dealkylation sites (N-methyl/N-ethyl adjacent to an activating group) is 1. The number of anilines is 1. The summed E-state index contributed by atoms with van der Waals surface area (Å²) in [4.78, 5) is 17.8. The normalized spacial score (nSPS) is 17.9. The minimum Gasteiger partial charge on any atom is -0.494 e. The lowest BCUT2D eigenvalue weighted by atomic mass is 9.99. The number of urea groups is 1. The maximum atomic E-state index is 13.0. The Morgan fingerprint density at radius 3 is 2.49 bits per heavy atom. The summed E-state index contributed by atoms with van der Waals surface area (Å²) in [5.41, 5.74) is 6.26. The van der Waals surface area contributed by atoms with Crippen molar-refractivity contribution < 1.29 is 14.3 Å². The van der Waals surface area contributed by atoms with Gasteiger partial charge in [0.2, 0.25) is 0 Å². The van der Waals surface area contributed by atoms with Crippen LogP contribution < -0.4 is 15.8 Å². The third-order valence-corrected chi connectivity index (χ3v) is 8.46. The number of fused-ring (bicyclic) bond motifs is 2. The standard InChI is InChI=1S/C28H45N5O3S/c1-6-19(2)15-23(35-14-13-30-4)18-36-20(3)26(17-31-5)37(29)33-28(34)32-27-24-11-7-9-21(24)16-22-10-8-12-25(22)27/h16-17,19,23,30H,6-15,18H2,1-5H3,(H3,29,32,33,34)/b26-20-,31-17?. The monoisotopic (exact) mass is 531 g/mol. The van der Waals surface area contributed by atoms with Crippen LogP contribution in [0.15, 0.2) is 26.1 Å². The number of allylic oxidation sites excluding steroid dienone is 2. The van der Waals surface area contributed by atoms with Gasteiger partial charge in [-0.3, -0.25) is 10.1 Å². The molecule has 0 bridgehead atoms. The molecule has 1 aromatic rings. The molecule has 2 aliphatic carbocycles. The first-order valence-corrected chi connectivity index (χ1v) is 14.8. The summed E-state index contributed by atoms with van der Waals surface area (Å²) in [6, 6.07) is 1.93. The minimum atomic E-state index is -1.20. The van der Waals surface area contributed by atoms with Crippen molar-refractivity contribution in [3.05, 3.63) is 39.0 Å². The predicted molar refractivity (Wildman–Crippen MR) is 154 cm³/mol. The number of carbonyl (C=O) groups is 1. The third kappa shape index (κ3) is 8.21. The number of ether oxygens (including phenoxy) is 2. The van der Waals surface area contributed by atoms with Crippen LogP contribution in [0.2, 0.25) is 0 Å². The van der Waals surface area contributed by atoms with Gasteiger partial charge in [0.25, 0.3) is 0 Å². The average Bonchev–Trinajstić information content (AvgIpc) is 3.54. The number of amides is 2. The number of nitrogens with two attached hydrogens (primary N) is 1. The van der Waals surface area contributed by atoms with E-state index >= 15 is 0 Å². The molecule has 3 unspecified atom stereocenters. The lowest BCUT2D eigenvalue weighted by Gasteiger charge is -2.22. The molecule has 4 N–H and O–H groups in total. The van der Waals surface area contributed by atoms with Crippen molar-refractivity contribution in [3.63, 3.8) is 0 Å². The summed E-state index contributed by atoms with van der Waals surface area (Å²) in [5, 5.41) is 12.6. The van der Waals surface area contributed by atoms with E-state index in [1.54, 1.807) is 13.3 Å². The van der Waals surface area contributed by atoms with Crippen molar-refractivity contribution in [2.75, 3.05) is 39.2 Å². The van der Waals surface area contributed by atoms with Gasteiger partial charge in [0.1, 0.15) is 12.4 Å². The predicted octanol–water partition coefficient (Wildman–Crippen LogP) is 4.86. The minimum absolute atomic E-state index is 0.0277. The van der Waals surface area contributed by atoms with Gasteiger partial charge in [-0.05, 0) is 87.1 Å². The van der Waals surface area contributed by atoms with Gasteiger partial charge in [0.05, 0.1) is 17.6 Å². The fourth-order valence-electron chi connectivity index (χ4n) is 5.06. The molecule has 8 nitrogen and oxygen atoms in total.